The number of thioether (sulfide) groups is 1. The van der Waals surface area contributed by atoms with Gasteiger partial charge in [0.25, 0.3) is 0 Å². The number of carbonyl (C=O) groups excluding carboxylic acids is 1. The Morgan fingerprint density at radius 1 is 1.55 bits per heavy atom. The van der Waals surface area contributed by atoms with Gasteiger partial charge in [-0.3, -0.25) is 0 Å². The van der Waals surface area contributed by atoms with E-state index in [1.165, 1.54) is 25.7 Å². The molecule has 2 heteroatoms. The Hall–Kier alpha value is 0.0200. The summed E-state index contributed by atoms with van der Waals surface area (Å²) in [6.07, 6.45) is 8.60. The monoisotopic (exact) mass is 170 g/mol. The molecule has 1 nitrogen and oxygen atoms in total. The van der Waals surface area contributed by atoms with Crippen molar-refractivity contribution in [1.29, 1.82) is 0 Å². The summed E-state index contributed by atoms with van der Waals surface area (Å²) in [6.45, 7) is 0. The van der Waals surface area contributed by atoms with Crippen LogP contribution < -0.4 is 0 Å². The molecule has 2 saturated carbocycles. The zero-order chi connectivity index (χ0) is 7.90. The van der Waals surface area contributed by atoms with E-state index in [0.717, 1.165) is 12.2 Å². The highest BCUT2D eigenvalue weighted by Crippen LogP contribution is 2.59. The van der Waals surface area contributed by atoms with Gasteiger partial charge in [-0.15, -0.1) is 0 Å². The van der Waals surface area contributed by atoms with Gasteiger partial charge in [0, 0.05) is 10.7 Å². The van der Waals surface area contributed by atoms with Crippen molar-refractivity contribution in [2.75, 3.05) is 6.26 Å². The van der Waals surface area contributed by atoms with Crippen LogP contribution in [-0.2, 0) is 4.79 Å². The smallest absolute Gasteiger partial charge is 0.123 e. The number of carbonyl (C=O) groups is 1. The van der Waals surface area contributed by atoms with E-state index in [-0.39, 0.29) is 0 Å². The third kappa shape index (κ3) is 1.03. The maximum Gasteiger partial charge on any atom is 0.123 e. The van der Waals surface area contributed by atoms with Crippen molar-refractivity contribution >= 4 is 18.0 Å². The van der Waals surface area contributed by atoms with E-state index < -0.39 is 0 Å². The molecule has 62 valence electrons. The molecule has 0 radical (unpaired) electrons. The Labute approximate surface area is 71.9 Å². The van der Waals surface area contributed by atoms with Crippen molar-refractivity contribution in [3.05, 3.63) is 0 Å². The first-order valence-corrected chi connectivity index (χ1v) is 5.55. The predicted molar refractivity (Wildman–Crippen MR) is 47.8 cm³/mol. The van der Waals surface area contributed by atoms with E-state index in [2.05, 4.69) is 6.26 Å². The van der Waals surface area contributed by atoms with E-state index in [9.17, 15) is 4.79 Å². The van der Waals surface area contributed by atoms with Crippen LogP contribution in [0.3, 0.4) is 0 Å². The second kappa shape index (κ2) is 2.51. The van der Waals surface area contributed by atoms with Crippen LogP contribution in [0.15, 0.2) is 0 Å². The van der Waals surface area contributed by atoms with Crippen LogP contribution in [0, 0.1) is 11.8 Å². The highest BCUT2D eigenvalue weighted by molar-refractivity contribution is 8.00. The number of aldehydes is 1. The van der Waals surface area contributed by atoms with Crippen LogP contribution >= 0.6 is 11.8 Å². The maximum absolute atomic E-state index is 10.5. The lowest BCUT2D eigenvalue weighted by Gasteiger charge is -2.41. The van der Waals surface area contributed by atoms with Crippen LogP contribution in [0.1, 0.15) is 25.7 Å². The van der Waals surface area contributed by atoms with Gasteiger partial charge in [-0.05, 0) is 31.4 Å². The molecular weight excluding hydrogens is 156 g/mol. The molecule has 2 fully saturated rings. The van der Waals surface area contributed by atoms with Crippen LogP contribution in [0.25, 0.3) is 0 Å². The molecule has 0 N–H and O–H groups in total. The first kappa shape index (κ1) is 7.66. The largest absolute Gasteiger partial charge is 0.303 e. The zero-order valence-electron chi connectivity index (χ0n) is 6.88. The first-order valence-electron chi connectivity index (χ1n) is 4.33. The molecule has 0 aliphatic heterocycles. The molecule has 0 saturated heterocycles. The first-order chi connectivity index (χ1) is 5.32. The van der Waals surface area contributed by atoms with E-state index in [4.69, 9.17) is 0 Å². The van der Waals surface area contributed by atoms with Gasteiger partial charge in [0.1, 0.15) is 6.29 Å². The number of rotatable bonds is 3. The average Bonchev–Trinajstić information content (AvgIpc) is 2.67. The van der Waals surface area contributed by atoms with E-state index >= 15 is 0 Å². The standard InChI is InChI=1S/C9H14OS/c1-11-9(3-2-4-9)8-5-7(8)6-10/h6-8H,2-5H2,1H3/t7-,8+/m0/s1. The fourth-order valence-corrected chi connectivity index (χ4v) is 3.49. The number of hydrogen-bond donors (Lipinski definition) is 0. The molecule has 0 aromatic rings. The minimum absolute atomic E-state index is 0.419. The van der Waals surface area contributed by atoms with Crippen LogP contribution in [0.4, 0.5) is 0 Å². The van der Waals surface area contributed by atoms with E-state index in [0.29, 0.717) is 10.7 Å². The third-order valence-corrected chi connectivity index (χ3v) is 4.82. The summed E-state index contributed by atoms with van der Waals surface area (Å²) in [5.74, 6) is 1.16. The van der Waals surface area contributed by atoms with Gasteiger partial charge in [0.15, 0.2) is 0 Å². The quantitative estimate of drug-likeness (QED) is 0.603. The second-order valence-corrected chi connectivity index (χ2v) is 4.99. The van der Waals surface area contributed by atoms with Gasteiger partial charge < -0.3 is 4.79 Å². The normalized spacial score (nSPS) is 39.4. The topological polar surface area (TPSA) is 17.1 Å². The zero-order valence-corrected chi connectivity index (χ0v) is 7.69. The summed E-state index contributed by atoms with van der Waals surface area (Å²) < 4.78 is 0.533. The van der Waals surface area contributed by atoms with Crippen LogP contribution in [-0.4, -0.2) is 17.3 Å². The Morgan fingerprint density at radius 2 is 2.27 bits per heavy atom. The van der Waals surface area contributed by atoms with Crippen molar-refractivity contribution in [2.24, 2.45) is 11.8 Å². The lowest BCUT2D eigenvalue weighted by atomic mass is 9.79. The van der Waals surface area contributed by atoms with Gasteiger partial charge in [-0.1, -0.05) is 6.42 Å². The second-order valence-electron chi connectivity index (χ2n) is 3.76. The maximum atomic E-state index is 10.5. The lowest BCUT2D eigenvalue weighted by Crippen LogP contribution is -2.36. The molecule has 2 rings (SSSR count). The molecule has 0 aromatic heterocycles. The van der Waals surface area contributed by atoms with Gasteiger partial charge in [0.05, 0.1) is 0 Å². The summed E-state index contributed by atoms with van der Waals surface area (Å²) in [4.78, 5) is 10.5. The number of hydrogen-bond acceptors (Lipinski definition) is 2. The summed E-state index contributed by atoms with van der Waals surface area (Å²) in [5.41, 5.74) is 0. The summed E-state index contributed by atoms with van der Waals surface area (Å²) >= 11 is 1.99. The van der Waals surface area contributed by atoms with Crippen LogP contribution in [0.5, 0.6) is 0 Å². The molecule has 11 heavy (non-hydrogen) atoms. The predicted octanol–water partition coefficient (Wildman–Crippen LogP) is 2.11. The minimum atomic E-state index is 0.419. The molecule has 0 amide bonds. The highest BCUT2D eigenvalue weighted by atomic mass is 32.2. The van der Waals surface area contributed by atoms with Crippen molar-refractivity contribution < 1.29 is 4.79 Å². The van der Waals surface area contributed by atoms with Gasteiger partial charge >= 0.3 is 0 Å². The van der Waals surface area contributed by atoms with Gasteiger partial charge in [-0.2, -0.15) is 11.8 Å². The summed E-state index contributed by atoms with van der Waals surface area (Å²) in [6, 6.07) is 0. The van der Waals surface area contributed by atoms with E-state index in [1.807, 2.05) is 11.8 Å². The molecule has 0 heterocycles. The summed E-state index contributed by atoms with van der Waals surface area (Å²) in [7, 11) is 0. The molecule has 2 aliphatic rings. The lowest BCUT2D eigenvalue weighted by molar-refractivity contribution is -0.109. The Kier molecular flexibility index (Phi) is 1.75. The Balaban J connectivity index is 1.98. The Bertz CT molecular complexity index is 169. The molecule has 0 aromatic carbocycles. The SMILES string of the molecule is CSC1([C@@H]2C[C@H]2C=O)CCC1. The molecule has 0 bridgehead atoms. The van der Waals surface area contributed by atoms with Crippen molar-refractivity contribution in [3.8, 4) is 0 Å². The minimum Gasteiger partial charge on any atom is -0.303 e. The summed E-state index contributed by atoms with van der Waals surface area (Å²) in [5, 5.41) is 0. The molecule has 0 unspecified atom stereocenters. The highest BCUT2D eigenvalue weighted by Gasteiger charge is 2.54. The van der Waals surface area contributed by atoms with Gasteiger partial charge in [-0.25, -0.2) is 0 Å². The van der Waals surface area contributed by atoms with Crippen molar-refractivity contribution in [3.63, 3.8) is 0 Å². The fraction of sp³-hybridized carbons (Fsp3) is 0.889. The third-order valence-electron chi connectivity index (χ3n) is 3.30. The van der Waals surface area contributed by atoms with Crippen LogP contribution in [0.2, 0.25) is 0 Å². The fourth-order valence-electron chi connectivity index (χ4n) is 2.22. The molecule has 0 spiro atoms. The van der Waals surface area contributed by atoms with Gasteiger partial charge in [0.2, 0.25) is 0 Å². The molecule has 2 atom stereocenters. The van der Waals surface area contributed by atoms with Crippen molar-refractivity contribution in [2.45, 2.75) is 30.4 Å². The molecular formula is C9H14OS. The van der Waals surface area contributed by atoms with Crippen molar-refractivity contribution in [1.82, 2.24) is 0 Å². The van der Waals surface area contributed by atoms with E-state index in [1.54, 1.807) is 0 Å². The average molecular weight is 170 g/mol. The molecule has 2 aliphatic carbocycles. The Morgan fingerprint density at radius 3 is 2.55 bits per heavy atom.